The molecule has 4 heteroatoms. The molecule has 48 heavy (non-hydrogen) atoms. The molecular weight excluding hydrogens is 621 g/mol. The molecule has 0 saturated heterocycles. The van der Waals surface area contributed by atoms with E-state index < -0.39 is 0 Å². The van der Waals surface area contributed by atoms with Gasteiger partial charge in [0.1, 0.15) is 6.07 Å². The van der Waals surface area contributed by atoms with Crippen molar-refractivity contribution >= 4 is 96.1 Å². The van der Waals surface area contributed by atoms with Crippen molar-refractivity contribution in [3.63, 3.8) is 0 Å². The standard InChI is InChI=1S/C44H26N2S2/c45-26-31-12-8-11-28(23-40(31)46-38-15-6-4-13-32(38)33-14-5-7-16-39(33)46)30-18-20-42-35(22-30)37-24-36-34-21-29(27-9-2-1-3-10-27)17-19-41(34)47-43(36)25-44(37)48-42/h1-22,24-25H,23H2. The summed E-state index contributed by atoms with van der Waals surface area (Å²) in [7, 11) is 0. The van der Waals surface area contributed by atoms with Crippen LogP contribution in [0.1, 0.15) is 12.0 Å². The number of nitrogens with zero attached hydrogens (tertiary/aromatic N) is 2. The Morgan fingerprint density at radius 2 is 1.10 bits per heavy atom. The third-order valence-corrected chi connectivity index (χ3v) is 12.0. The second-order valence-corrected chi connectivity index (χ2v) is 14.6. The van der Waals surface area contributed by atoms with E-state index in [-0.39, 0.29) is 0 Å². The van der Waals surface area contributed by atoms with E-state index in [4.69, 9.17) is 0 Å². The molecule has 1 aliphatic carbocycles. The smallest absolute Gasteiger partial charge is 0.101 e. The van der Waals surface area contributed by atoms with Gasteiger partial charge in [-0.05, 0) is 76.9 Å². The zero-order valence-electron chi connectivity index (χ0n) is 25.8. The number of rotatable bonds is 3. The molecule has 224 valence electrons. The molecule has 0 bridgehead atoms. The molecule has 0 N–H and O–H groups in total. The lowest BCUT2D eigenvalue weighted by Gasteiger charge is -2.16. The lowest BCUT2D eigenvalue weighted by molar-refractivity contribution is 1.14. The number of benzene rings is 6. The van der Waals surface area contributed by atoms with Crippen molar-refractivity contribution in [3.8, 4) is 17.2 Å². The Bertz CT molecular complexity index is 2870. The predicted octanol–water partition coefficient (Wildman–Crippen LogP) is 13.0. The van der Waals surface area contributed by atoms with Gasteiger partial charge in [0.2, 0.25) is 0 Å². The molecule has 0 saturated carbocycles. The van der Waals surface area contributed by atoms with Gasteiger partial charge in [-0.3, -0.25) is 0 Å². The number of aromatic nitrogens is 1. The summed E-state index contributed by atoms with van der Waals surface area (Å²) in [6, 6.07) is 48.7. The van der Waals surface area contributed by atoms with Gasteiger partial charge in [0.05, 0.1) is 16.6 Å². The molecule has 0 fully saturated rings. The highest BCUT2D eigenvalue weighted by Crippen LogP contribution is 2.44. The quantitative estimate of drug-likeness (QED) is 0.188. The van der Waals surface area contributed by atoms with Gasteiger partial charge in [-0.2, -0.15) is 5.26 Å². The van der Waals surface area contributed by atoms with Crippen LogP contribution in [0.2, 0.25) is 0 Å². The first-order valence-corrected chi connectivity index (χ1v) is 17.7. The Labute approximate surface area is 285 Å². The normalized spacial score (nSPS) is 13.7. The van der Waals surface area contributed by atoms with Crippen LogP contribution in [0.4, 0.5) is 0 Å². The van der Waals surface area contributed by atoms with E-state index in [1.54, 1.807) is 0 Å². The number of hydrogen-bond acceptors (Lipinski definition) is 3. The van der Waals surface area contributed by atoms with Gasteiger partial charge in [-0.25, -0.2) is 0 Å². The van der Waals surface area contributed by atoms with Gasteiger partial charge >= 0.3 is 0 Å². The van der Waals surface area contributed by atoms with Crippen LogP contribution in [0.15, 0.2) is 151 Å². The van der Waals surface area contributed by atoms with Gasteiger partial charge in [0.25, 0.3) is 0 Å². The van der Waals surface area contributed by atoms with E-state index in [1.165, 1.54) is 73.4 Å². The Kier molecular flexibility index (Phi) is 6.08. The van der Waals surface area contributed by atoms with Crippen LogP contribution >= 0.6 is 22.7 Å². The van der Waals surface area contributed by atoms with Crippen molar-refractivity contribution in [2.75, 3.05) is 0 Å². The molecule has 0 spiro atoms. The summed E-state index contributed by atoms with van der Waals surface area (Å²) < 4.78 is 7.56. The molecule has 6 aromatic carbocycles. The Balaban J connectivity index is 1.12. The molecule has 3 heterocycles. The molecule has 0 atom stereocenters. The highest BCUT2D eigenvalue weighted by Gasteiger charge is 2.20. The maximum absolute atomic E-state index is 10.4. The highest BCUT2D eigenvalue weighted by atomic mass is 32.1. The van der Waals surface area contributed by atoms with E-state index in [0.717, 1.165) is 16.7 Å². The summed E-state index contributed by atoms with van der Waals surface area (Å²) in [4.78, 5) is 0. The van der Waals surface area contributed by atoms with Crippen molar-refractivity contribution in [1.82, 2.24) is 4.57 Å². The Morgan fingerprint density at radius 1 is 0.521 bits per heavy atom. The summed E-state index contributed by atoms with van der Waals surface area (Å²) in [6.07, 6.45) is 6.83. The van der Waals surface area contributed by atoms with E-state index in [0.29, 0.717) is 12.0 Å². The summed E-state index contributed by atoms with van der Waals surface area (Å²) in [5.74, 6) is 0. The molecule has 9 aromatic rings. The van der Waals surface area contributed by atoms with Gasteiger partial charge < -0.3 is 4.57 Å². The first kappa shape index (κ1) is 27.4. The highest BCUT2D eigenvalue weighted by molar-refractivity contribution is 7.28. The van der Waals surface area contributed by atoms with Gasteiger partial charge in [0.15, 0.2) is 0 Å². The van der Waals surface area contributed by atoms with Gasteiger partial charge in [0, 0.05) is 63.2 Å². The fraction of sp³-hybridized carbons (Fsp3) is 0.0227. The fourth-order valence-electron chi connectivity index (χ4n) is 7.46. The van der Waals surface area contributed by atoms with Crippen LogP contribution in [-0.2, 0) is 0 Å². The lowest BCUT2D eigenvalue weighted by atomic mass is 9.97. The maximum Gasteiger partial charge on any atom is 0.101 e. The summed E-state index contributed by atoms with van der Waals surface area (Å²) in [6.45, 7) is 0. The monoisotopic (exact) mass is 646 g/mol. The first-order chi connectivity index (χ1) is 23.7. The second kappa shape index (κ2) is 10.7. The number of thiophene rings is 2. The number of allylic oxidation sites excluding steroid dienone is 6. The van der Waals surface area contributed by atoms with Crippen LogP contribution in [0.3, 0.4) is 0 Å². The number of fused-ring (bicyclic) bond motifs is 9. The van der Waals surface area contributed by atoms with Crippen molar-refractivity contribution in [2.24, 2.45) is 0 Å². The van der Waals surface area contributed by atoms with Crippen LogP contribution in [-0.4, -0.2) is 4.57 Å². The topological polar surface area (TPSA) is 28.7 Å². The van der Waals surface area contributed by atoms with Gasteiger partial charge in [-0.1, -0.05) is 91.0 Å². The van der Waals surface area contributed by atoms with Crippen molar-refractivity contribution in [2.45, 2.75) is 6.42 Å². The number of nitriles is 1. The van der Waals surface area contributed by atoms with E-state index in [2.05, 4.69) is 144 Å². The molecular formula is C44H26N2S2. The molecule has 3 aromatic heterocycles. The third kappa shape index (κ3) is 4.15. The Morgan fingerprint density at radius 3 is 1.77 bits per heavy atom. The minimum absolute atomic E-state index is 0.647. The number of para-hydroxylation sites is 2. The van der Waals surface area contributed by atoms with Crippen molar-refractivity contribution < 1.29 is 0 Å². The zero-order valence-corrected chi connectivity index (χ0v) is 27.4. The molecule has 10 rings (SSSR count). The minimum Gasteiger partial charge on any atom is -0.311 e. The molecule has 0 amide bonds. The summed E-state index contributed by atoms with van der Waals surface area (Å²) in [5.41, 5.74) is 8.82. The van der Waals surface area contributed by atoms with E-state index in [1.807, 2.05) is 34.8 Å². The average Bonchev–Trinajstić information content (AvgIpc) is 3.73. The molecule has 0 radical (unpaired) electrons. The van der Waals surface area contributed by atoms with E-state index >= 15 is 0 Å². The van der Waals surface area contributed by atoms with Crippen LogP contribution in [0.5, 0.6) is 0 Å². The van der Waals surface area contributed by atoms with Crippen molar-refractivity contribution in [1.29, 1.82) is 5.26 Å². The molecule has 2 nitrogen and oxygen atoms in total. The summed E-state index contributed by atoms with van der Waals surface area (Å²) >= 11 is 3.75. The van der Waals surface area contributed by atoms with E-state index in [9.17, 15) is 5.26 Å². The number of hydrogen-bond donors (Lipinski definition) is 0. The molecule has 1 aliphatic rings. The van der Waals surface area contributed by atoms with Crippen LogP contribution in [0, 0.1) is 11.3 Å². The molecule has 0 unspecified atom stereocenters. The summed E-state index contributed by atoms with van der Waals surface area (Å²) in [5, 5.41) is 18.0. The fourth-order valence-corrected chi connectivity index (χ4v) is 9.75. The average molecular weight is 647 g/mol. The minimum atomic E-state index is 0.647. The van der Waals surface area contributed by atoms with Gasteiger partial charge in [-0.15, -0.1) is 22.7 Å². The Hall–Kier alpha value is -5.73. The first-order valence-electron chi connectivity index (χ1n) is 16.1. The maximum atomic E-state index is 10.4. The lowest BCUT2D eigenvalue weighted by Crippen LogP contribution is -2.01. The zero-order chi connectivity index (χ0) is 31.8. The second-order valence-electron chi connectivity index (χ2n) is 12.4. The molecule has 0 aliphatic heterocycles. The van der Waals surface area contributed by atoms with Crippen LogP contribution in [0.25, 0.3) is 84.5 Å². The predicted molar refractivity (Wildman–Crippen MR) is 208 cm³/mol. The third-order valence-electron chi connectivity index (χ3n) is 9.74. The largest absolute Gasteiger partial charge is 0.311 e. The van der Waals surface area contributed by atoms with Crippen molar-refractivity contribution in [3.05, 3.63) is 157 Å². The van der Waals surface area contributed by atoms with Crippen LogP contribution < -0.4 is 0 Å². The SMILES string of the molecule is N#CC1=C(n2c3ccccc3c3ccccc32)CC(c2ccc3sc4cc5sc6ccc(-c7ccccc7)cc6c5cc4c3c2)=CC=C1.